The van der Waals surface area contributed by atoms with Gasteiger partial charge in [-0.15, -0.1) is 0 Å². The summed E-state index contributed by atoms with van der Waals surface area (Å²) in [7, 11) is 0. The number of para-hydroxylation sites is 1. The lowest BCUT2D eigenvalue weighted by molar-refractivity contribution is -0.133. The fourth-order valence-electron chi connectivity index (χ4n) is 3.30. The second-order valence-electron chi connectivity index (χ2n) is 6.23. The van der Waals surface area contributed by atoms with Crippen LogP contribution in [0.15, 0.2) is 29.3 Å². The average molecular weight is 297 g/mol. The Morgan fingerprint density at radius 2 is 1.82 bits per heavy atom. The minimum absolute atomic E-state index is 0.0984. The molecule has 0 aromatic heterocycles. The van der Waals surface area contributed by atoms with Gasteiger partial charge in [0.2, 0.25) is 5.91 Å². The summed E-state index contributed by atoms with van der Waals surface area (Å²) in [4.78, 5) is 33.8. The van der Waals surface area contributed by atoms with Crippen LogP contribution in [-0.4, -0.2) is 59.9 Å². The third-order valence-electron chi connectivity index (χ3n) is 4.77. The number of Topliss-reactive ketones (excluding diaryl/α,β-unsaturated/α-hetero) is 1. The fraction of sp³-hybridized carbons (Fsp3) is 0.471. The van der Waals surface area contributed by atoms with E-state index in [2.05, 4.69) is 9.89 Å². The van der Waals surface area contributed by atoms with Crippen LogP contribution in [0.1, 0.15) is 23.2 Å². The number of benzene rings is 1. The number of hydrogen-bond donors (Lipinski definition) is 0. The summed E-state index contributed by atoms with van der Waals surface area (Å²) in [6.45, 7) is 3.28. The van der Waals surface area contributed by atoms with Gasteiger partial charge >= 0.3 is 0 Å². The second kappa shape index (κ2) is 5.32. The first-order valence-corrected chi connectivity index (χ1v) is 7.94. The number of amides is 1. The highest BCUT2D eigenvalue weighted by Crippen LogP contribution is 2.29. The van der Waals surface area contributed by atoms with Crippen LogP contribution in [0.2, 0.25) is 0 Å². The van der Waals surface area contributed by atoms with Gasteiger partial charge in [0.25, 0.3) is 0 Å². The number of piperazine rings is 1. The molecule has 1 unspecified atom stereocenters. The largest absolute Gasteiger partial charge is 0.339 e. The van der Waals surface area contributed by atoms with E-state index in [1.807, 2.05) is 17.0 Å². The molecular formula is C17H19N3O2. The summed E-state index contributed by atoms with van der Waals surface area (Å²) in [5.41, 5.74) is 1.22. The van der Waals surface area contributed by atoms with Crippen LogP contribution < -0.4 is 0 Å². The van der Waals surface area contributed by atoms with Crippen LogP contribution >= 0.6 is 0 Å². The maximum Gasteiger partial charge on any atom is 0.239 e. The summed E-state index contributed by atoms with van der Waals surface area (Å²) in [5, 5.41) is 0. The molecule has 2 fully saturated rings. The normalized spacial score (nSPS) is 25.2. The van der Waals surface area contributed by atoms with Gasteiger partial charge in [0, 0.05) is 44.0 Å². The molecular weight excluding hydrogens is 278 g/mol. The highest BCUT2D eigenvalue weighted by Gasteiger charge is 2.37. The van der Waals surface area contributed by atoms with Gasteiger partial charge in [0.15, 0.2) is 5.78 Å². The third kappa shape index (κ3) is 2.35. The summed E-state index contributed by atoms with van der Waals surface area (Å²) in [6.07, 6.45) is 4.09. The number of carbonyl (C=O) groups is 2. The zero-order chi connectivity index (χ0) is 15.1. The van der Waals surface area contributed by atoms with Crippen LogP contribution in [0, 0.1) is 5.92 Å². The van der Waals surface area contributed by atoms with Gasteiger partial charge in [0.1, 0.15) is 5.92 Å². The highest BCUT2D eigenvalue weighted by molar-refractivity contribution is 6.23. The van der Waals surface area contributed by atoms with Crippen LogP contribution in [-0.2, 0) is 4.79 Å². The van der Waals surface area contributed by atoms with Crippen molar-refractivity contribution in [3.8, 4) is 0 Å². The quantitative estimate of drug-likeness (QED) is 0.778. The summed E-state index contributed by atoms with van der Waals surface area (Å²) in [5.74, 6) is -0.971. The van der Waals surface area contributed by atoms with Gasteiger partial charge in [0.05, 0.1) is 5.69 Å². The minimum atomic E-state index is -0.748. The van der Waals surface area contributed by atoms with Crippen molar-refractivity contribution in [3.63, 3.8) is 0 Å². The Kier molecular flexibility index (Phi) is 3.30. The maximum atomic E-state index is 12.7. The molecule has 4 rings (SSSR count). The Labute approximate surface area is 129 Å². The molecule has 1 aliphatic carbocycles. The van der Waals surface area contributed by atoms with Gasteiger partial charge in [-0.2, -0.15) is 0 Å². The van der Waals surface area contributed by atoms with Crippen molar-refractivity contribution in [1.29, 1.82) is 0 Å². The number of nitrogens with zero attached hydrogens (tertiary/aromatic N) is 3. The molecule has 0 N–H and O–H groups in total. The first-order chi connectivity index (χ1) is 10.7. The van der Waals surface area contributed by atoms with Gasteiger partial charge in [-0.25, -0.2) is 0 Å². The van der Waals surface area contributed by atoms with Crippen molar-refractivity contribution < 1.29 is 9.59 Å². The van der Waals surface area contributed by atoms with E-state index in [9.17, 15) is 9.59 Å². The monoisotopic (exact) mass is 297 g/mol. The molecule has 2 aliphatic heterocycles. The van der Waals surface area contributed by atoms with E-state index in [0.717, 1.165) is 19.1 Å². The maximum absolute atomic E-state index is 12.7. The Hall–Kier alpha value is -2.01. The molecule has 1 saturated carbocycles. The number of carbonyl (C=O) groups excluding carboxylic acids is 2. The molecule has 1 aromatic rings. The first-order valence-electron chi connectivity index (χ1n) is 7.94. The number of fused-ring (bicyclic) bond motifs is 1. The second-order valence-corrected chi connectivity index (χ2v) is 6.23. The number of ketones is 1. The van der Waals surface area contributed by atoms with E-state index in [-0.39, 0.29) is 11.7 Å². The van der Waals surface area contributed by atoms with Gasteiger partial charge in [-0.1, -0.05) is 12.1 Å². The molecule has 0 radical (unpaired) electrons. The molecule has 114 valence electrons. The molecule has 2 heterocycles. The van der Waals surface area contributed by atoms with Crippen molar-refractivity contribution in [3.05, 3.63) is 29.8 Å². The molecule has 22 heavy (non-hydrogen) atoms. The molecule has 1 amide bonds. The molecule has 1 atom stereocenters. The average Bonchev–Trinajstić information content (AvgIpc) is 3.40. The Bertz CT molecular complexity index is 643. The van der Waals surface area contributed by atoms with E-state index in [1.54, 1.807) is 12.1 Å². The van der Waals surface area contributed by atoms with Crippen LogP contribution in [0.25, 0.3) is 0 Å². The van der Waals surface area contributed by atoms with Crippen molar-refractivity contribution >= 4 is 23.6 Å². The fourth-order valence-corrected chi connectivity index (χ4v) is 3.30. The third-order valence-corrected chi connectivity index (χ3v) is 4.77. The van der Waals surface area contributed by atoms with Gasteiger partial charge in [-0.3, -0.25) is 19.5 Å². The lowest BCUT2D eigenvalue weighted by Gasteiger charge is -2.36. The van der Waals surface area contributed by atoms with Crippen molar-refractivity contribution in [1.82, 2.24) is 9.80 Å². The molecule has 1 saturated heterocycles. The molecule has 0 bridgehead atoms. The number of aliphatic imine (C=N–C) groups is 1. The van der Waals surface area contributed by atoms with Gasteiger partial charge < -0.3 is 4.90 Å². The standard InChI is InChI=1S/C17H19N3O2/c21-16-13-3-1-2-4-15(13)18-11-14(16)17(22)20-9-7-19(8-10-20)12-5-6-12/h1-4,11-12,14H,5-10H2. The van der Waals surface area contributed by atoms with Crippen molar-refractivity contribution in [2.75, 3.05) is 26.2 Å². The van der Waals surface area contributed by atoms with E-state index in [0.29, 0.717) is 24.3 Å². The predicted octanol–water partition coefficient (Wildman–Crippen LogP) is 1.51. The van der Waals surface area contributed by atoms with Crippen LogP contribution in [0.4, 0.5) is 5.69 Å². The highest BCUT2D eigenvalue weighted by atomic mass is 16.2. The zero-order valence-corrected chi connectivity index (χ0v) is 12.4. The van der Waals surface area contributed by atoms with Crippen molar-refractivity contribution in [2.24, 2.45) is 10.9 Å². The number of hydrogen-bond acceptors (Lipinski definition) is 4. The molecule has 1 aromatic carbocycles. The first kappa shape index (κ1) is 13.6. The van der Waals surface area contributed by atoms with E-state index in [4.69, 9.17) is 0 Å². The SMILES string of the molecule is O=C1c2ccccc2N=CC1C(=O)N1CCN(C2CC2)CC1. The van der Waals surface area contributed by atoms with E-state index in [1.165, 1.54) is 19.1 Å². The number of rotatable bonds is 2. The van der Waals surface area contributed by atoms with Crippen molar-refractivity contribution in [2.45, 2.75) is 18.9 Å². The molecule has 5 heteroatoms. The summed E-state index contributed by atoms with van der Waals surface area (Å²) >= 11 is 0. The van der Waals surface area contributed by atoms with E-state index >= 15 is 0 Å². The summed E-state index contributed by atoms with van der Waals surface area (Å²) in [6, 6.07) is 7.95. The predicted molar refractivity (Wildman–Crippen MR) is 83.6 cm³/mol. The van der Waals surface area contributed by atoms with Crippen LogP contribution in [0.5, 0.6) is 0 Å². The Morgan fingerprint density at radius 3 is 2.55 bits per heavy atom. The van der Waals surface area contributed by atoms with E-state index < -0.39 is 5.92 Å². The smallest absolute Gasteiger partial charge is 0.239 e. The Morgan fingerprint density at radius 1 is 1.09 bits per heavy atom. The lowest BCUT2D eigenvalue weighted by atomic mass is 9.93. The zero-order valence-electron chi connectivity index (χ0n) is 12.4. The van der Waals surface area contributed by atoms with Gasteiger partial charge in [-0.05, 0) is 25.0 Å². The lowest BCUT2D eigenvalue weighted by Crippen LogP contribution is -2.52. The summed E-state index contributed by atoms with van der Waals surface area (Å²) < 4.78 is 0. The molecule has 5 nitrogen and oxygen atoms in total. The molecule has 0 spiro atoms. The Balaban J connectivity index is 1.46. The van der Waals surface area contributed by atoms with Crippen LogP contribution in [0.3, 0.4) is 0 Å². The minimum Gasteiger partial charge on any atom is -0.339 e. The molecule has 3 aliphatic rings. The topological polar surface area (TPSA) is 53.0 Å².